The lowest BCUT2D eigenvalue weighted by molar-refractivity contribution is 0.0690. The molecule has 2 aromatic rings. The van der Waals surface area contributed by atoms with Crippen LogP contribution in [0.1, 0.15) is 50.5 Å². The molecule has 0 spiro atoms. The highest BCUT2D eigenvalue weighted by atomic mass is 19.1. The van der Waals surface area contributed by atoms with E-state index in [1.54, 1.807) is 26.0 Å². The zero-order chi connectivity index (χ0) is 19.6. The lowest BCUT2D eigenvalue weighted by Gasteiger charge is -2.33. The van der Waals surface area contributed by atoms with Gasteiger partial charge in [-0.1, -0.05) is 18.2 Å². The second-order valence-corrected chi connectivity index (χ2v) is 7.07. The Bertz CT molecular complexity index is 862. The van der Waals surface area contributed by atoms with Crippen molar-refractivity contribution < 1.29 is 19.1 Å². The summed E-state index contributed by atoms with van der Waals surface area (Å²) in [6.07, 6.45) is 1.75. The number of nitrogens with one attached hydrogen (secondary N) is 2. The maximum Gasteiger partial charge on any atom is 0.352 e. The molecular weight excluding hydrogens is 349 g/mol. The van der Waals surface area contributed by atoms with Crippen LogP contribution in [0, 0.1) is 19.7 Å². The molecule has 144 valence electrons. The van der Waals surface area contributed by atoms with E-state index in [4.69, 9.17) is 0 Å². The molecule has 1 aromatic carbocycles. The van der Waals surface area contributed by atoms with Crippen LogP contribution in [0.3, 0.4) is 0 Å². The number of hydrogen-bond donors (Lipinski definition) is 3. The van der Waals surface area contributed by atoms with Gasteiger partial charge in [0, 0.05) is 30.4 Å². The van der Waals surface area contributed by atoms with E-state index in [9.17, 15) is 19.1 Å². The summed E-state index contributed by atoms with van der Waals surface area (Å²) in [4.78, 5) is 28.8. The van der Waals surface area contributed by atoms with E-state index in [1.165, 1.54) is 6.07 Å². The number of rotatable bonds is 5. The van der Waals surface area contributed by atoms with Gasteiger partial charge in [0.25, 0.3) is 5.91 Å². The maximum absolute atomic E-state index is 13.9. The van der Waals surface area contributed by atoms with E-state index in [0.29, 0.717) is 35.5 Å². The van der Waals surface area contributed by atoms with Crippen molar-refractivity contribution >= 4 is 11.9 Å². The monoisotopic (exact) mass is 373 g/mol. The number of piperidine rings is 1. The minimum absolute atomic E-state index is 0.0440. The first-order valence-electron chi connectivity index (χ1n) is 9.06. The van der Waals surface area contributed by atoms with Gasteiger partial charge in [0.1, 0.15) is 11.5 Å². The van der Waals surface area contributed by atoms with Crippen molar-refractivity contribution in [2.45, 2.75) is 39.3 Å². The molecule has 1 aromatic heterocycles. The number of benzene rings is 1. The van der Waals surface area contributed by atoms with Gasteiger partial charge in [-0.3, -0.25) is 9.69 Å². The van der Waals surface area contributed by atoms with Gasteiger partial charge in [0.05, 0.1) is 5.56 Å². The predicted octanol–water partition coefficient (Wildman–Crippen LogP) is 2.86. The average Bonchev–Trinajstić information content (AvgIpc) is 2.92. The number of aromatic carboxylic acids is 1. The van der Waals surface area contributed by atoms with E-state index < -0.39 is 5.97 Å². The molecule has 1 aliphatic heterocycles. The molecule has 1 atom stereocenters. The van der Waals surface area contributed by atoms with Crippen LogP contribution in [0.15, 0.2) is 24.3 Å². The fraction of sp³-hybridized carbons (Fsp3) is 0.400. The van der Waals surface area contributed by atoms with Crippen LogP contribution in [0.2, 0.25) is 0 Å². The molecule has 0 aliphatic carbocycles. The van der Waals surface area contributed by atoms with Crippen molar-refractivity contribution in [3.63, 3.8) is 0 Å². The summed E-state index contributed by atoms with van der Waals surface area (Å²) in [6, 6.07) is 6.66. The zero-order valence-electron chi connectivity index (χ0n) is 15.5. The van der Waals surface area contributed by atoms with Crippen molar-refractivity contribution in [1.29, 1.82) is 0 Å². The number of H-pyrrole nitrogens is 1. The van der Waals surface area contributed by atoms with Crippen LogP contribution < -0.4 is 5.32 Å². The van der Waals surface area contributed by atoms with Gasteiger partial charge in [-0.2, -0.15) is 0 Å². The Kier molecular flexibility index (Phi) is 5.60. The molecule has 3 rings (SSSR count). The lowest BCUT2D eigenvalue weighted by atomic mass is 10.0. The smallest absolute Gasteiger partial charge is 0.352 e. The van der Waals surface area contributed by atoms with Crippen LogP contribution in [-0.4, -0.2) is 46.0 Å². The van der Waals surface area contributed by atoms with E-state index in [-0.39, 0.29) is 23.5 Å². The third kappa shape index (κ3) is 4.19. The SMILES string of the molecule is Cc1[nH]c(C(=O)O)c(C)c1C(=O)N[C@@H]1CCCN(Cc2ccccc2F)C1. The van der Waals surface area contributed by atoms with E-state index >= 15 is 0 Å². The minimum atomic E-state index is -1.08. The fourth-order valence-electron chi connectivity index (χ4n) is 3.75. The number of halogens is 1. The van der Waals surface area contributed by atoms with Crippen LogP contribution in [0.25, 0.3) is 0 Å². The van der Waals surface area contributed by atoms with Crippen molar-refractivity contribution in [2.75, 3.05) is 13.1 Å². The normalized spacial score (nSPS) is 17.7. The van der Waals surface area contributed by atoms with Crippen molar-refractivity contribution in [1.82, 2.24) is 15.2 Å². The summed E-state index contributed by atoms with van der Waals surface area (Å²) in [5, 5.41) is 12.2. The van der Waals surface area contributed by atoms with Gasteiger partial charge in [-0.15, -0.1) is 0 Å². The summed E-state index contributed by atoms with van der Waals surface area (Å²) in [6.45, 7) is 5.32. The summed E-state index contributed by atoms with van der Waals surface area (Å²) in [7, 11) is 0. The highest BCUT2D eigenvalue weighted by molar-refractivity contribution is 6.00. The van der Waals surface area contributed by atoms with Gasteiger partial charge < -0.3 is 15.4 Å². The molecule has 0 bridgehead atoms. The topological polar surface area (TPSA) is 85.4 Å². The van der Waals surface area contributed by atoms with Crippen LogP contribution >= 0.6 is 0 Å². The maximum atomic E-state index is 13.9. The molecule has 6 nitrogen and oxygen atoms in total. The lowest BCUT2D eigenvalue weighted by Crippen LogP contribution is -2.47. The number of hydrogen-bond acceptors (Lipinski definition) is 3. The summed E-state index contributed by atoms with van der Waals surface area (Å²) in [5.74, 6) is -1.57. The molecule has 1 aliphatic rings. The predicted molar refractivity (Wildman–Crippen MR) is 99.4 cm³/mol. The Balaban J connectivity index is 1.66. The largest absolute Gasteiger partial charge is 0.477 e. The Morgan fingerprint density at radius 2 is 2.07 bits per heavy atom. The first-order chi connectivity index (χ1) is 12.9. The van der Waals surface area contributed by atoms with Crippen LogP contribution in [-0.2, 0) is 6.54 Å². The molecule has 0 saturated carbocycles. The number of amides is 1. The van der Waals surface area contributed by atoms with Gasteiger partial charge in [-0.05, 0) is 44.9 Å². The first kappa shape index (κ1) is 19.1. The molecule has 2 heterocycles. The van der Waals surface area contributed by atoms with E-state index in [0.717, 1.165) is 19.4 Å². The molecule has 27 heavy (non-hydrogen) atoms. The number of carbonyl (C=O) groups is 2. The molecule has 1 amide bonds. The van der Waals surface area contributed by atoms with Gasteiger partial charge in [-0.25, -0.2) is 9.18 Å². The van der Waals surface area contributed by atoms with Crippen molar-refractivity contribution in [3.8, 4) is 0 Å². The molecule has 1 saturated heterocycles. The molecule has 0 radical (unpaired) electrons. The molecule has 0 unspecified atom stereocenters. The highest BCUT2D eigenvalue weighted by Crippen LogP contribution is 2.20. The van der Waals surface area contributed by atoms with Crippen molar-refractivity contribution in [3.05, 3.63) is 58.2 Å². The Morgan fingerprint density at radius 1 is 1.33 bits per heavy atom. The summed E-state index contributed by atoms with van der Waals surface area (Å²) in [5.41, 5.74) is 2.06. The van der Waals surface area contributed by atoms with Gasteiger partial charge in [0.15, 0.2) is 0 Å². The standard InChI is InChI=1S/C20H24FN3O3/c1-12-17(13(2)22-18(12)20(26)27)19(25)23-15-7-5-9-24(11-15)10-14-6-3-4-8-16(14)21/h3-4,6,8,15,22H,5,7,9-11H2,1-2H3,(H,23,25)(H,26,27)/t15-/m1/s1. The van der Waals surface area contributed by atoms with Gasteiger partial charge >= 0.3 is 5.97 Å². The Hall–Kier alpha value is -2.67. The zero-order valence-corrected chi connectivity index (χ0v) is 15.5. The first-order valence-corrected chi connectivity index (χ1v) is 9.06. The number of aromatic nitrogens is 1. The Labute approximate surface area is 157 Å². The van der Waals surface area contributed by atoms with Gasteiger partial charge in [0.2, 0.25) is 0 Å². The summed E-state index contributed by atoms with van der Waals surface area (Å²) < 4.78 is 13.9. The number of nitrogens with zero attached hydrogens (tertiary/aromatic N) is 1. The number of carbonyl (C=O) groups excluding carboxylic acids is 1. The number of aryl methyl sites for hydroxylation is 1. The third-order valence-electron chi connectivity index (χ3n) is 5.07. The number of likely N-dealkylation sites (tertiary alicyclic amines) is 1. The molecule has 7 heteroatoms. The minimum Gasteiger partial charge on any atom is -0.477 e. The van der Waals surface area contributed by atoms with Crippen molar-refractivity contribution in [2.24, 2.45) is 0 Å². The van der Waals surface area contributed by atoms with Crippen LogP contribution in [0.4, 0.5) is 4.39 Å². The second kappa shape index (κ2) is 7.92. The van der Waals surface area contributed by atoms with E-state index in [2.05, 4.69) is 15.2 Å². The quantitative estimate of drug-likeness (QED) is 0.752. The average molecular weight is 373 g/mol. The molecule has 3 N–H and O–H groups in total. The summed E-state index contributed by atoms with van der Waals surface area (Å²) >= 11 is 0. The van der Waals surface area contributed by atoms with Crippen LogP contribution in [0.5, 0.6) is 0 Å². The Morgan fingerprint density at radius 3 is 2.74 bits per heavy atom. The third-order valence-corrected chi connectivity index (χ3v) is 5.07. The number of carboxylic acid groups (broad SMARTS) is 1. The number of aromatic amines is 1. The fourth-order valence-corrected chi connectivity index (χ4v) is 3.75. The van der Waals surface area contributed by atoms with E-state index in [1.807, 2.05) is 6.07 Å². The number of carboxylic acids is 1. The highest BCUT2D eigenvalue weighted by Gasteiger charge is 2.26. The molecule has 1 fully saturated rings. The second-order valence-electron chi connectivity index (χ2n) is 7.07. The molecular formula is C20H24FN3O3.